The highest BCUT2D eigenvalue weighted by Gasteiger charge is 2.29. The van der Waals surface area contributed by atoms with E-state index in [2.05, 4.69) is 17.0 Å². The molecule has 8 nitrogen and oxygen atoms in total. The van der Waals surface area contributed by atoms with Crippen LogP contribution in [0.5, 0.6) is 0 Å². The van der Waals surface area contributed by atoms with Gasteiger partial charge in [-0.1, -0.05) is 35.9 Å². The van der Waals surface area contributed by atoms with Gasteiger partial charge in [0.15, 0.2) is 5.13 Å². The Morgan fingerprint density at radius 3 is 2.56 bits per heavy atom. The average Bonchev–Trinajstić information content (AvgIpc) is 3.55. The lowest BCUT2D eigenvalue weighted by atomic mass is 10.0. The molecule has 188 valence electrons. The molecule has 1 fully saturated rings. The van der Waals surface area contributed by atoms with Gasteiger partial charge in [0.25, 0.3) is 5.91 Å². The van der Waals surface area contributed by atoms with E-state index in [1.54, 1.807) is 34.0 Å². The molecule has 2 aromatic carbocycles. The lowest BCUT2D eigenvalue weighted by molar-refractivity contribution is 0.0985. The van der Waals surface area contributed by atoms with Crippen LogP contribution in [-0.4, -0.2) is 53.0 Å². The molecular weight excluding hydrogens is 518 g/mol. The van der Waals surface area contributed by atoms with E-state index in [-0.39, 0.29) is 10.8 Å². The van der Waals surface area contributed by atoms with Gasteiger partial charge >= 0.3 is 0 Å². The second kappa shape index (κ2) is 10.3. The van der Waals surface area contributed by atoms with Crippen LogP contribution in [0.2, 0.25) is 5.02 Å². The van der Waals surface area contributed by atoms with E-state index in [9.17, 15) is 13.2 Å². The number of hydrogen-bond donors (Lipinski definition) is 0. The van der Waals surface area contributed by atoms with Crippen molar-refractivity contribution in [3.8, 4) is 0 Å². The van der Waals surface area contributed by atoms with Crippen LogP contribution in [0.4, 0.5) is 5.13 Å². The number of aromatic nitrogens is 3. The van der Waals surface area contributed by atoms with E-state index in [0.717, 1.165) is 17.5 Å². The van der Waals surface area contributed by atoms with Crippen molar-refractivity contribution in [1.82, 2.24) is 19.1 Å². The summed E-state index contributed by atoms with van der Waals surface area (Å²) in [7, 11) is -3.59. The Hall–Kier alpha value is -2.79. The highest BCUT2D eigenvalue weighted by molar-refractivity contribution is 7.89. The normalized spacial score (nSPS) is 15.4. The minimum absolute atomic E-state index is 0.198. The average molecular weight is 544 g/mol. The maximum absolute atomic E-state index is 13.6. The van der Waals surface area contributed by atoms with Gasteiger partial charge in [-0.15, -0.1) is 0 Å². The lowest BCUT2D eigenvalue weighted by Crippen LogP contribution is -2.38. The number of piperidine rings is 1. The number of benzene rings is 2. The van der Waals surface area contributed by atoms with Crippen molar-refractivity contribution in [2.45, 2.75) is 31.2 Å². The zero-order chi connectivity index (χ0) is 25.3. The zero-order valence-electron chi connectivity index (χ0n) is 19.7. The third-order valence-corrected chi connectivity index (χ3v) is 9.69. The van der Waals surface area contributed by atoms with Crippen LogP contribution in [0.3, 0.4) is 0 Å². The van der Waals surface area contributed by atoms with Gasteiger partial charge in [-0.25, -0.2) is 13.4 Å². The number of para-hydroxylation sites is 1. The summed E-state index contributed by atoms with van der Waals surface area (Å²) in [4.78, 5) is 20.1. The lowest BCUT2D eigenvalue weighted by Gasteiger charge is -2.29. The molecule has 0 N–H and O–H groups in total. The number of anilines is 1. The highest BCUT2D eigenvalue weighted by atomic mass is 35.5. The molecule has 0 atom stereocenters. The first-order chi connectivity index (χ1) is 17.3. The molecular formula is C25H26ClN5O3S2. The topological polar surface area (TPSA) is 88.4 Å². The van der Waals surface area contributed by atoms with E-state index < -0.39 is 10.0 Å². The molecule has 4 aromatic rings. The quantitative estimate of drug-likeness (QED) is 0.330. The molecule has 0 unspecified atom stereocenters. The summed E-state index contributed by atoms with van der Waals surface area (Å²) in [5.74, 6) is 0.259. The third-order valence-electron chi connectivity index (χ3n) is 6.43. The fourth-order valence-electron chi connectivity index (χ4n) is 4.24. The number of halogens is 1. The van der Waals surface area contributed by atoms with Crippen LogP contribution < -0.4 is 4.90 Å². The summed E-state index contributed by atoms with van der Waals surface area (Å²) in [6.45, 7) is 3.99. The van der Waals surface area contributed by atoms with Crippen LogP contribution in [-0.2, 0) is 16.6 Å². The number of carbonyl (C=O) groups excluding carboxylic acids is 1. The number of amides is 1. The monoisotopic (exact) mass is 543 g/mol. The fourth-order valence-corrected chi connectivity index (χ4v) is 7.00. The van der Waals surface area contributed by atoms with Crippen LogP contribution in [0, 0.1) is 5.92 Å². The molecule has 0 aliphatic carbocycles. The molecule has 3 heterocycles. The minimum Gasteiger partial charge on any atom is -0.282 e. The van der Waals surface area contributed by atoms with Crippen molar-refractivity contribution < 1.29 is 13.2 Å². The van der Waals surface area contributed by atoms with Gasteiger partial charge in [-0.3, -0.25) is 14.4 Å². The van der Waals surface area contributed by atoms with Gasteiger partial charge in [0, 0.05) is 37.6 Å². The van der Waals surface area contributed by atoms with Crippen LogP contribution >= 0.6 is 22.9 Å². The Balaban J connectivity index is 1.42. The van der Waals surface area contributed by atoms with Crippen molar-refractivity contribution in [3.05, 3.63) is 71.5 Å². The van der Waals surface area contributed by atoms with Gasteiger partial charge < -0.3 is 0 Å². The van der Waals surface area contributed by atoms with Crippen molar-refractivity contribution in [3.63, 3.8) is 0 Å². The predicted octanol–water partition coefficient (Wildman–Crippen LogP) is 4.91. The molecule has 2 aromatic heterocycles. The second-order valence-corrected chi connectivity index (χ2v) is 12.3. The Bertz CT molecular complexity index is 1460. The number of rotatable bonds is 7. The molecule has 0 radical (unpaired) electrons. The Morgan fingerprint density at radius 1 is 1.14 bits per heavy atom. The van der Waals surface area contributed by atoms with Crippen LogP contribution in [0.15, 0.2) is 65.8 Å². The standard InChI is InChI=1S/C25H26ClN5O3S2/c1-18-10-14-30(15-11-18)36(33,34)20-8-6-19(7-9-20)24(32)31(17-16-29-13-3-12-27-29)25-28-23-21(26)4-2-5-22(23)35-25/h2-9,12-13,18H,10-11,14-17H2,1H3. The van der Waals surface area contributed by atoms with Gasteiger partial charge in [0.1, 0.15) is 5.52 Å². The third kappa shape index (κ3) is 5.04. The number of sulfonamides is 1. The molecule has 5 rings (SSSR count). The maximum atomic E-state index is 13.6. The number of nitrogens with zero attached hydrogens (tertiary/aromatic N) is 5. The number of fused-ring (bicyclic) bond motifs is 1. The number of carbonyl (C=O) groups is 1. The zero-order valence-corrected chi connectivity index (χ0v) is 22.1. The molecule has 1 aliphatic heterocycles. The summed E-state index contributed by atoms with van der Waals surface area (Å²) in [6, 6.07) is 13.5. The van der Waals surface area contributed by atoms with Crippen LogP contribution in [0.25, 0.3) is 10.2 Å². The first kappa shape index (κ1) is 24.9. The molecule has 36 heavy (non-hydrogen) atoms. The summed E-state index contributed by atoms with van der Waals surface area (Å²) in [5.41, 5.74) is 1.03. The van der Waals surface area contributed by atoms with Gasteiger partial charge in [0.2, 0.25) is 10.0 Å². The highest BCUT2D eigenvalue weighted by Crippen LogP contribution is 2.33. The van der Waals surface area contributed by atoms with Crippen LogP contribution in [0.1, 0.15) is 30.1 Å². The van der Waals surface area contributed by atoms with E-state index >= 15 is 0 Å². The van der Waals surface area contributed by atoms with E-state index in [1.165, 1.54) is 27.8 Å². The van der Waals surface area contributed by atoms with Crippen molar-refractivity contribution in [1.29, 1.82) is 0 Å². The molecule has 1 aliphatic rings. The molecule has 0 saturated carbocycles. The van der Waals surface area contributed by atoms with E-state index in [0.29, 0.717) is 53.3 Å². The fraction of sp³-hybridized carbons (Fsp3) is 0.320. The minimum atomic E-state index is -3.59. The first-order valence-electron chi connectivity index (χ1n) is 11.8. The smallest absolute Gasteiger partial charge is 0.260 e. The SMILES string of the molecule is CC1CCN(S(=O)(=O)c2ccc(C(=O)N(CCn3cccn3)c3nc4c(Cl)cccc4s3)cc2)CC1. The van der Waals surface area contributed by atoms with E-state index in [1.807, 2.05) is 24.4 Å². The van der Waals surface area contributed by atoms with E-state index in [4.69, 9.17) is 11.6 Å². The van der Waals surface area contributed by atoms with Crippen molar-refractivity contribution in [2.75, 3.05) is 24.5 Å². The predicted molar refractivity (Wildman–Crippen MR) is 142 cm³/mol. The number of thiazole rings is 1. The Kier molecular flexibility index (Phi) is 7.11. The molecule has 0 bridgehead atoms. The molecule has 1 saturated heterocycles. The van der Waals surface area contributed by atoms with Crippen molar-refractivity contribution in [2.24, 2.45) is 5.92 Å². The number of hydrogen-bond acceptors (Lipinski definition) is 6. The maximum Gasteiger partial charge on any atom is 0.260 e. The summed E-state index contributed by atoms with van der Waals surface area (Å²) in [5, 5.41) is 5.27. The first-order valence-corrected chi connectivity index (χ1v) is 14.4. The molecule has 11 heteroatoms. The van der Waals surface area contributed by atoms with Gasteiger partial charge in [-0.05, 0) is 61.2 Å². The van der Waals surface area contributed by atoms with Gasteiger partial charge in [-0.2, -0.15) is 9.40 Å². The largest absolute Gasteiger partial charge is 0.282 e. The second-order valence-electron chi connectivity index (χ2n) is 8.92. The van der Waals surface area contributed by atoms with Gasteiger partial charge in [0.05, 0.1) is 21.2 Å². The molecule has 1 amide bonds. The molecule has 0 spiro atoms. The summed E-state index contributed by atoms with van der Waals surface area (Å²) in [6.07, 6.45) is 5.23. The van der Waals surface area contributed by atoms with Crippen molar-refractivity contribution >= 4 is 54.2 Å². The Morgan fingerprint density at radius 2 is 1.89 bits per heavy atom. The Labute approximate surface area is 219 Å². The summed E-state index contributed by atoms with van der Waals surface area (Å²) < 4.78 is 30.4. The summed E-state index contributed by atoms with van der Waals surface area (Å²) >= 11 is 7.71.